The molecule has 18 heavy (non-hydrogen) atoms. The van der Waals surface area contributed by atoms with Gasteiger partial charge in [-0.3, -0.25) is 9.59 Å². The summed E-state index contributed by atoms with van der Waals surface area (Å²) >= 11 is 4.85. The van der Waals surface area contributed by atoms with Gasteiger partial charge in [0.1, 0.15) is 0 Å². The quantitative estimate of drug-likeness (QED) is 0.593. The van der Waals surface area contributed by atoms with Crippen molar-refractivity contribution in [2.24, 2.45) is 5.92 Å². The van der Waals surface area contributed by atoms with Gasteiger partial charge in [-0.25, -0.2) is 0 Å². The number of esters is 1. The van der Waals surface area contributed by atoms with Crippen LogP contribution in [0, 0.1) is 5.92 Å². The summed E-state index contributed by atoms with van der Waals surface area (Å²) in [4.78, 5) is 23.6. The number of benzene rings is 1. The van der Waals surface area contributed by atoms with Crippen molar-refractivity contribution < 1.29 is 14.3 Å². The largest absolute Gasteiger partial charge is 0.469 e. The Bertz CT molecular complexity index is 417. The second-order valence-electron chi connectivity index (χ2n) is 3.81. The van der Waals surface area contributed by atoms with Gasteiger partial charge in [0.2, 0.25) is 0 Å². The van der Waals surface area contributed by atoms with Gasteiger partial charge in [0, 0.05) is 22.2 Å². The molecule has 0 aliphatic rings. The van der Waals surface area contributed by atoms with Crippen LogP contribution in [0.5, 0.6) is 0 Å². The normalized spacial score (nSPS) is 11.9. The fourth-order valence-electron chi connectivity index (χ4n) is 1.56. The second kappa shape index (κ2) is 7.59. The van der Waals surface area contributed by atoms with Crippen LogP contribution in [0.3, 0.4) is 0 Å². The monoisotopic (exact) mass is 330 g/mol. The Labute approximate surface area is 119 Å². The Morgan fingerprint density at radius 2 is 1.94 bits per heavy atom. The number of carbonyl (C=O) groups is 2. The topological polar surface area (TPSA) is 43.4 Å². The van der Waals surface area contributed by atoms with E-state index in [1.165, 1.54) is 18.9 Å². The van der Waals surface area contributed by atoms with Gasteiger partial charge in [-0.15, -0.1) is 0 Å². The van der Waals surface area contributed by atoms with Crippen LogP contribution >= 0.6 is 27.7 Å². The number of hydrogen-bond donors (Lipinski definition) is 0. The van der Waals surface area contributed by atoms with E-state index in [1.54, 1.807) is 12.1 Å². The van der Waals surface area contributed by atoms with Gasteiger partial charge in [0.15, 0.2) is 5.78 Å². The summed E-state index contributed by atoms with van der Waals surface area (Å²) in [5.74, 6) is -0.141. The number of ether oxygens (including phenoxy) is 1. The highest BCUT2D eigenvalue weighted by Crippen LogP contribution is 2.17. The van der Waals surface area contributed by atoms with Gasteiger partial charge in [-0.1, -0.05) is 28.1 Å². The maximum absolute atomic E-state index is 12.0. The summed E-state index contributed by atoms with van der Waals surface area (Å²) in [5, 5.41) is 0. The minimum atomic E-state index is -0.374. The summed E-state index contributed by atoms with van der Waals surface area (Å²) in [6.45, 7) is 0. The van der Waals surface area contributed by atoms with Gasteiger partial charge >= 0.3 is 5.97 Å². The molecule has 98 valence electrons. The highest BCUT2D eigenvalue weighted by atomic mass is 79.9. The van der Waals surface area contributed by atoms with E-state index in [2.05, 4.69) is 15.9 Å². The number of hydrogen-bond acceptors (Lipinski definition) is 4. The molecule has 1 unspecified atom stereocenters. The third kappa shape index (κ3) is 4.46. The van der Waals surface area contributed by atoms with Crippen molar-refractivity contribution in [3.63, 3.8) is 0 Å². The summed E-state index contributed by atoms with van der Waals surface area (Å²) in [6, 6.07) is 7.13. The summed E-state index contributed by atoms with van der Waals surface area (Å²) in [5.41, 5.74) is 0.619. The first-order valence-corrected chi connectivity index (χ1v) is 7.62. The number of rotatable bonds is 6. The highest BCUT2D eigenvalue weighted by Gasteiger charge is 2.22. The molecule has 1 atom stereocenters. The first-order valence-electron chi connectivity index (χ1n) is 5.44. The molecule has 0 N–H and O–H groups in total. The van der Waals surface area contributed by atoms with Crippen LogP contribution < -0.4 is 0 Å². The minimum absolute atomic E-state index is 0.0352. The first-order chi connectivity index (χ1) is 8.58. The van der Waals surface area contributed by atoms with Crippen molar-refractivity contribution in [1.82, 2.24) is 0 Å². The first kappa shape index (κ1) is 15.2. The molecule has 0 heterocycles. The molecule has 0 aliphatic carbocycles. The smallest absolute Gasteiger partial charge is 0.309 e. The molecular weight excluding hydrogens is 316 g/mol. The molecule has 0 bridgehead atoms. The summed E-state index contributed by atoms with van der Waals surface area (Å²) in [6.07, 6.45) is 2.09. The van der Waals surface area contributed by atoms with Crippen LogP contribution in [0.15, 0.2) is 28.7 Å². The van der Waals surface area contributed by atoms with E-state index in [0.29, 0.717) is 11.3 Å². The van der Waals surface area contributed by atoms with Crippen molar-refractivity contribution in [3.8, 4) is 0 Å². The van der Waals surface area contributed by atoms with Crippen molar-refractivity contribution in [3.05, 3.63) is 34.3 Å². The zero-order valence-corrected chi connectivity index (χ0v) is 12.7. The van der Waals surface area contributed by atoms with Crippen LogP contribution in [-0.2, 0) is 9.53 Å². The van der Waals surface area contributed by atoms with E-state index in [9.17, 15) is 9.59 Å². The molecule has 0 amide bonds. The molecule has 0 spiro atoms. The van der Waals surface area contributed by atoms with Crippen molar-refractivity contribution in [1.29, 1.82) is 0 Å². The predicted octanol–water partition coefficient (Wildman–Crippen LogP) is 3.17. The fourth-order valence-corrected chi connectivity index (χ4v) is 2.48. The molecule has 0 fully saturated rings. The highest BCUT2D eigenvalue weighted by molar-refractivity contribution is 9.10. The van der Waals surface area contributed by atoms with E-state index >= 15 is 0 Å². The number of halogens is 1. The number of Topliss-reactive ketones (excluding diaryl/α,β-unsaturated/α-hetero) is 1. The van der Waals surface area contributed by atoms with Crippen molar-refractivity contribution in [2.75, 3.05) is 19.1 Å². The SMILES string of the molecule is COC(=O)C(CSC)CC(=O)c1ccc(Br)cc1. The molecule has 3 nitrogen and oxygen atoms in total. The van der Waals surface area contributed by atoms with Crippen LogP contribution in [-0.4, -0.2) is 30.9 Å². The lowest BCUT2D eigenvalue weighted by Crippen LogP contribution is -2.22. The molecule has 0 aromatic heterocycles. The Morgan fingerprint density at radius 1 is 1.33 bits per heavy atom. The zero-order valence-electron chi connectivity index (χ0n) is 10.3. The molecule has 0 radical (unpaired) electrons. The predicted molar refractivity (Wildman–Crippen MR) is 77.0 cm³/mol. The van der Waals surface area contributed by atoms with Gasteiger partial charge in [-0.05, 0) is 18.4 Å². The van der Waals surface area contributed by atoms with E-state index in [1.807, 2.05) is 18.4 Å². The van der Waals surface area contributed by atoms with Gasteiger partial charge in [-0.2, -0.15) is 11.8 Å². The van der Waals surface area contributed by atoms with E-state index < -0.39 is 0 Å². The van der Waals surface area contributed by atoms with Crippen molar-refractivity contribution in [2.45, 2.75) is 6.42 Å². The number of thioether (sulfide) groups is 1. The molecule has 0 saturated heterocycles. The minimum Gasteiger partial charge on any atom is -0.469 e. The molecule has 0 saturated carbocycles. The van der Waals surface area contributed by atoms with Crippen LogP contribution in [0.2, 0.25) is 0 Å². The summed E-state index contributed by atoms with van der Waals surface area (Å²) < 4.78 is 5.63. The van der Waals surface area contributed by atoms with Crippen LogP contribution in [0.1, 0.15) is 16.8 Å². The standard InChI is InChI=1S/C13H15BrO3S/c1-17-13(16)10(8-18-2)7-12(15)9-3-5-11(14)6-4-9/h3-6,10H,7-8H2,1-2H3. The van der Waals surface area contributed by atoms with Crippen LogP contribution in [0.4, 0.5) is 0 Å². The zero-order chi connectivity index (χ0) is 13.5. The van der Waals surface area contributed by atoms with Gasteiger partial charge < -0.3 is 4.74 Å². The van der Waals surface area contributed by atoms with E-state index in [0.717, 1.165) is 4.47 Å². The lowest BCUT2D eigenvalue weighted by atomic mass is 10.00. The molecule has 5 heteroatoms. The molecule has 1 rings (SSSR count). The van der Waals surface area contributed by atoms with Gasteiger partial charge in [0.25, 0.3) is 0 Å². The average molecular weight is 331 g/mol. The lowest BCUT2D eigenvalue weighted by molar-refractivity contribution is -0.144. The number of carbonyl (C=O) groups excluding carboxylic acids is 2. The molecule has 1 aromatic carbocycles. The molecule has 1 aromatic rings. The summed E-state index contributed by atoms with van der Waals surface area (Å²) in [7, 11) is 1.35. The Hall–Kier alpha value is -0.810. The maximum atomic E-state index is 12.0. The third-order valence-corrected chi connectivity index (χ3v) is 3.76. The Morgan fingerprint density at radius 3 is 2.44 bits per heavy atom. The maximum Gasteiger partial charge on any atom is 0.309 e. The van der Waals surface area contributed by atoms with Crippen LogP contribution in [0.25, 0.3) is 0 Å². The third-order valence-electron chi connectivity index (χ3n) is 2.50. The fraction of sp³-hybridized carbons (Fsp3) is 0.385. The Kier molecular flexibility index (Phi) is 6.43. The average Bonchev–Trinajstić information content (AvgIpc) is 2.38. The number of ketones is 1. The number of methoxy groups -OCH3 is 1. The van der Waals surface area contributed by atoms with E-state index in [4.69, 9.17) is 4.74 Å². The molecule has 0 aliphatic heterocycles. The second-order valence-corrected chi connectivity index (χ2v) is 5.64. The van der Waals surface area contributed by atoms with E-state index in [-0.39, 0.29) is 24.1 Å². The Balaban J connectivity index is 2.71. The molecular formula is C13H15BrO3S. The van der Waals surface area contributed by atoms with Gasteiger partial charge in [0.05, 0.1) is 13.0 Å². The lowest BCUT2D eigenvalue weighted by Gasteiger charge is -2.12. The van der Waals surface area contributed by atoms with Crippen molar-refractivity contribution >= 4 is 39.4 Å².